The molecule has 0 aromatic heterocycles. The van der Waals surface area contributed by atoms with Crippen molar-refractivity contribution in [1.82, 2.24) is 14.5 Å². The zero-order valence-electron chi connectivity index (χ0n) is 18.7. The molecule has 0 saturated carbocycles. The lowest BCUT2D eigenvalue weighted by atomic mass is 10.1. The lowest BCUT2D eigenvalue weighted by Gasteiger charge is -2.32. The van der Waals surface area contributed by atoms with Gasteiger partial charge in [-0.05, 0) is 72.1 Å². The van der Waals surface area contributed by atoms with E-state index in [1.54, 1.807) is 16.4 Å². The SMILES string of the molecule is Cc1ccc(S(=O)(=O)N2CCCCC2C)cc1C(=O)NCCN(C(C)C)C(C)C. The van der Waals surface area contributed by atoms with Crippen molar-refractivity contribution in [3.05, 3.63) is 29.3 Å². The zero-order chi connectivity index (χ0) is 21.8. The predicted molar refractivity (Wildman–Crippen MR) is 118 cm³/mol. The number of carbonyl (C=O) groups is 1. The normalized spacial score (nSPS) is 18.6. The van der Waals surface area contributed by atoms with E-state index in [-0.39, 0.29) is 16.8 Å². The number of hydrogen-bond donors (Lipinski definition) is 1. The monoisotopic (exact) mass is 423 g/mol. The Hall–Kier alpha value is -1.44. The third-order valence-electron chi connectivity index (χ3n) is 5.78. The Morgan fingerprint density at radius 1 is 1.21 bits per heavy atom. The zero-order valence-corrected chi connectivity index (χ0v) is 19.6. The van der Waals surface area contributed by atoms with E-state index in [1.807, 2.05) is 13.8 Å². The van der Waals surface area contributed by atoms with Crippen LogP contribution in [0.5, 0.6) is 0 Å². The van der Waals surface area contributed by atoms with E-state index < -0.39 is 10.0 Å². The van der Waals surface area contributed by atoms with E-state index in [4.69, 9.17) is 0 Å². The van der Waals surface area contributed by atoms with Gasteiger partial charge in [0.25, 0.3) is 5.91 Å². The second-order valence-electron chi connectivity index (χ2n) is 8.62. The number of benzene rings is 1. The summed E-state index contributed by atoms with van der Waals surface area (Å²) in [6.07, 6.45) is 2.81. The number of rotatable bonds is 8. The van der Waals surface area contributed by atoms with Gasteiger partial charge in [-0.1, -0.05) is 12.5 Å². The molecule has 1 heterocycles. The molecule has 1 amide bonds. The molecule has 1 atom stereocenters. The number of nitrogens with zero attached hydrogens (tertiary/aromatic N) is 2. The number of carbonyl (C=O) groups excluding carboxylic acids is 1. The molecule has 7 heteroatoms. The highest BCUT2D eigenvalue weighted by molar-refractivity contribution is 7.89. The van der Waals surface area contributed by atoms with Crippen molar-refractivity contribution in [2.45, 2.75) is 83.8 Å². The Labute approximate surface area is 176 Å². The molecule has 1 aliphatic heterocycles. The van der Waals surface area contributed by atoms with Gasteiger partial charge in [-0.3, -0.25) is 9.69 Å². The lowest BCUT2D eigenvalue weighted by Crippen LogP contribution is -2.42. The smallest absolute Gasteiger partial charge is 0.251 e. The van der Waals surface area contributed by atoms with Gasteiger partial charge >= 0.3 is 0 Å². The second-order valence-corrected chi connectivity index (χ2v) is 10.5. The van der Waals surface area contributed by atoms with Crippen molar-refractivity contribution in [1.29, 1.82) is 0 Å². The molecule has 1 saturated heterocycles. The van der Waals surface area contributed by atoms with E-state index >= 15 is 0 Å². The van der Waals surface area contributed by atoms with Crippen LogP contribution in [0.1, 0.15) is 69.8 Å². The number of hydrogen-bond acceptors (Lipinski definition) is 4. The summed E-state index contributed by atoms with van der Waals surface area (Å²) in [4.78, 5) is 15.3. The van der Waals surface area contributed by atoms with Gasteiger partial charge in [-0.15, -0.1) is 0 Å². The molecule has 0 radical (unpaired) electrons. The minimum Gasteiger partial charge on any atom is -0.351 e. The Bertz CT molecular complexity index is 798. The second kappa shape index (κ2) is 10.0. The molecular weight excluding hydrogens is 386 g/mol. The lowest BCUT2D eigenvalue weighted by molar-refractivity contribution is 0.0938. The molecule has 1 aliphatic rings. The van der Waals surface area contributed by atoms with Crippen LogP contribution >= 0.6 is 0 Å². The molecule has 0 bridgehead atoms. The van der Waals surface area contributed by atoms with Crippen molar-refractivity contribution >= 4 is 15.9 Å². The van der Waals surface area contributed by atoms with Crippen molar-refractivity contribution in [3.8, 4) is 0 Å². The van der Waals surface area contributed by atoms with Crippen LogP contribution in [0.25, 0.3) is 0 Å². The van der Waals surface area contributed by atoms with Gasteiger partial charge in [-0.25, -0.2) is 8.42 Å². The molecule has 1 unspecified atom stereocenters. The number of amides is 1. The van der Waals surface area contributed by atoms with Crippen molar-refractivity contribution in [2.24, 2.45) is 0 Å². The summed E-state index contributed by atoms with van der Waals surface area (Å²) in [5.74, 6) is -0.223. The van der Waals surface area contributed by atoms with Crippen LogP contribution in [-0.2, 0) is 10.0 Å². The highest BCUT2D eigenvalue weighted by Gasteiger charge is 2.31. The maximum Gasteiger partial charge on any atom is 0.251 e. The summed E-state index contributed by atoms with van der Waals surface area (Å²) in [5, 5.41) is 2.96. The highest BCUT2D eigenvalue weighted by atomic mass is 32.2. The average Bonchev–Trinajstić information content (AvgIpc) is 2.64. The first-order chi connectivity index (χ1) is 13.6. The predicted octanol–water partition coefficient (Wildman–Crippen LogP) is 3.41. The van der Waals surface area contributed by atoms with E-state index in [0.717, 1.165) is 31.4 Å². The number of aryl methyl sites for hydroxylation is 1. The largest absolute Gasteiger partial charge is 0.351 e. The third kappa shape index (κ3) is 5.80. The van der Waals surface area contributed by atoms with E-state index in [2.05, 4.69) is 37.9 Å². The molecule has 1 fully saturated rings. The minimum absolute atomic E-state index is 0.00891. The van der Waals surface area contributed by atoms with Gasteiger partial charge in [0.15, 0.2) is 0 Å². The fourth-order valence-corrected chi connectivity index (χ4v) is 5.80. The first-order valence-corrected chi connectivity index (χ1v) is 12.2. The molecule has 29 heavy (non-hydrogen) atoms. The fraction of sp³-hybridized carbons (Fsp3) is 0.682. The summed E-state index contributed by atoms with van der Waals surface area (Å²) < 4.78 is 27.8. The van der Waals surface area contributed by atoms with Crippen LogP contribution in [0.15, 0.2) is 23.1 Å². The average molecular weight is 424 g/mol. The van der Waals surface area contributed by atoms with Gasteiger partial charge in [0.1, 0.15) is 0 Å². The summed E-state index contributed by atoms with van der Waals surface area (Å²) >= 11 is 0. The Kier molecular flexibility index (Phi) is 8.26. The third-order valence-corrected chi connectivity index (χ3v) is 7.79. The van der Waals surface area contributed by atoms with Crippen LogP contribution < -0.4 is 5.32 Å². The maximum absolute atomic E-state index is 13.1. The standard InChI is InChI=1S/C22H37N3O3S/c1-16(2)24(17(3)4)14-12-23-22(26)21-15-20(11-10-18(21)5)29(27,28)25-13-8-7-9-19(25)6/h10-11,15-17,19H,7-9,12-14H2,1-6H3,(H,23,26). The summed E-state index contributed by atoms with van der Waals surface area (Å²) in [6, 6.07) is 5.66. The molecule has 1 N–H and O–H groups in total. The van der Waals surface area contributed by atoms with Crippen LogP contribution in [-0.4, -0.2) is 61.3 Å². The van der Waals surface area contributed by atoms with Crippen LogP contribution in [0.2, 0.25) is 0 Å². The van der Waals surface area contributed by atoms with Crippen LogP contribution in [0, 0.1) is 6.92 Å². The fourth-order valence-electron chi connectivity index (χ4n) is 4.08. The van der Waals surface area contributed by atoms with E-state index in [9.17, 15) is 13.2 Å². The van der Waals surface area contributed by atoms with Crippen molar-refractivity contribution < 1.29 is 13.2 Å². The van der Waals surface area contributed by atoms with Crippen molar-refractivity contribution in [2.75, 3.05) is 19.6 Å². The Balaban J connectivity index is 2.14. The van der Waals surface area contributed by atoms with Gasteiger partial charge < -0.3 is 5.32 Å². The molecular formula is C22H37N3O3S. The van der Waals surface area contributed by atoms with Gasteiger partial charge in [0.05, 0.1) is 4.90 Å². The molecule has 2 rings (SSSR count). The van der Waals surface area contributed by atoms with Crippen molar-refractivity contribution in [3.63, 3.8) is 0 Å². The van der Waals surface area contributed by atoms with Crippen LogP contribution in [0.3, 0.4) is 0 Å². The summed E-state index contributed by atoms with van der Waals surface area (Å²) in [7, 11) is -3.60. The number of sulfonamides is 1. The maximum atomic E-state index is 13.1. The minimum atomic E-state index is -3.60. The quantitative estimate of drug-likeness (QED) is 0.696. The molecule has 0 spiro atoms. The van der Waals surface area contributed by atoms with E-state index in [0.29, 0.717) is 30.7 Å². The molecule has 1 aromatic carbocycles. The molecule has 0 aliphatic carbocycles. The summed E-state index contributed by atoms with van der Waals surface area (Å²) in [5.41, 5.74) is 1.20. The highest BCUT2D eigenvalue weighted by Crippen LogP contribution is 2.26. The number of piperidine rings is 1. The first kappa shape index (κ1) is 23.8. The van der Waals surface area contributed by atoms with Gasteiger partial charge in [0, 0.05) is 43.3 Å². The van der Waals surface area contributed by atoms with Gasteiger partial charge in [-0.2, -0.15) is 4.31 Å². The molecule has 1 aromatic rings. The topological polar surface area (TPSA) is 69.7 Å². The first-order valence-electron chi connectivity index (χ1n) is 10.7. The van der Waals surface area contributed by atoms with E-state index in [1.165, 1.54) is 6.07 Å². The molecule has 6 nitrogen and oxygen atoms in total. The Morgan fingerprint density at radius 2 is 1.86 bits per heavy atom. The summed E-state index contributed by atoms with van der Waals surface area (Å²) in [6.45, 7) is 14.2. The number of nitrogens with one attached hydrogen (secondary N) is 1. The Morgan fingerprint density at radius 3 is 2.45 bits per heavy atom. The molecule has 164 valence electrons. The van der Waals surface area contributed by atoms with Crippen LogP contribution in [0.4, 0.5) is 0 Å². The van der Waals surface area contributed by atoms with Gasteiger partial charge in [0.2, 0.25) is 10.0 Å².